The number of ether oxygens (including phenoxy) is 2. The molecule has 0 saturated carbocycles. The van der Waals surface area contributed by atoms with E-state index >= 15 is 0 Å². The Morgan fingerprint density at radius 3 is 2.67 bits per heavy atom. The minimum absolute atomic E-state index is 0.306. The van der Waals surface area contributed by atoms with Gasteiger partial charge in [0.05, 0.1) is 19.8 Å². The van der Waals surface area contributed by atoms with Crippen molar-refractivity contribution in [3.8, 4) is 11.5 Å². The Balaban J connectivity index is 2.30. The van der Waals surface area contributed by atoms with E-state index in [9.17, 15) is 4.79 Å². The van der Waals surface area contributed by atoms with Gasteiger partial charge in [-0.25, -0.2) is 4.98 Å². The number of hydrogen-bond donors (Lipinski definition) is 1. The summed E-state index contributed by atoms with van der Waals surface area (Å²) >= 11 is 3.37. The van der Waals surface area contributed by atoms with Crippen LogP contribution in [-0.2, 0) is 0 Å². The number of pyridine rings is 1. The van der Waals surface area contributed by atoms with Crippen molar-refractivity contribution in [2.24, 2.45) is 0 Å². The molecule has 0 spiro atoms. The Morgan fingerprint density at radius 2 is 2.05 bits per heavy atom. The molecular formula is C15H15BrN2O3. The monoisotopic (exact) mass is 350 g/mol. The van der Waals surface area contributed by atoms with E-state index in [1.54, 1.807) is 30.5 Å². The van der Waals surface area contributed by atoms with Crippen LogP contribution in [0, 0.1) is 6.92 Å². The number of halogens is 1. The van der Waals surface area contributed by atoms with Gasteiger partial charge in [0.2, 0.25) is 0 Å². The van der Waals surface area contributed by atoms with Crippen molar-refractivity contribution in [1.82, 2.24) is 4.98 Å². The Labute approximate surface area is 131 Å². The first-order valence-corrected chi connectivity index (χ1v) is 7.00. The van der Waals surface area contributed by atoms with Crippen LogP contribution in [0.25, 0.3) is 0 Å². The van der Waals surface area contributed by atoms with Gasteiger partial charge >= 0.3 is 0 Å². The second kappa shape index (κ2) is 6.58. The van der Waals surface area contributed by atoms with Crippen molar-refractivity contribution < 1.29 is 14.3 Å². The maximum absolute atomic E-state index is 12.4. The molecule has 1 heterocycles. The van der Waals surface area contributed by atoms with E-state index in [1.165, 1.54) is 14.2 Å². The molecule has 1 amide bonds. The van der Waals surface area contributed by atoms with Gasteiger partial charge < -0.3 is 14.8 Å². The standard InChI is InChI=1S/C15H15BrN2O3/c1-9-7-13(17-8-11(9)16)18-15(19)10-5-4-6-12(20-2)14(10)21-3/h4-8H,1-3H3,(H,17,18,19). The molecule has 0 fully saturated rings. The number of nitrogens with one attached hydrogen (secondary N) is 1. The molecule has 6 heteroatoms. The van der Waals surface area contributed by atoms with Gasteiger partial charge in [0.1, 0.15) is 5.82 Å². The smallest absolute Gasteiger partial charge is 0.260 e. The van der Waals surface area contributed by atoms with Crippen molar-refractivity contribution in [1.29, 1.82) is 0 Å². The number of amides is 1. The number of aryl methyl sites for hydroxylation is 1. The minimum atomic E-state index is -0.306. The summed E-state index contributed by atoms with van der Waals surface area (Å²) in [6, 6.07) is 6.92. The number of carbonyl (C=O) groups excluding carboxylic acids is 1. The molecule has 0 aliphatic heterocycles. The zero-order chi connectivity index (χ0) is 15.4. The van der Waals surface area contributed by atoms with Gasteiger partial charge in [-0.1, -0.05) is 6.07 Å². The summed E-state index contributed by atoms with van der Waals surface area (Å²) in [5.41, 5.74) is 1.37. The third kappa shape index (κ3) is 3.33. The minimum Gasteiger partial charge on any atom is -0.493 e. The van der Waals surface area contributed by atoms with E-state index in [1.807, 2.05) is 6.92 Å². The summed E-state index contributed by atoms with van der Waals surface area (Å²) in [7, 11) is 3.02. The molecule has 1 aromatic heterocycles. The first-order chi connectivity index (χ1) is 10.1. The molecule has 0 saturated heterocycles. The number of aromatic nitrogens is 1. The number of nitrogens with zero attached hydrogens (tertiary/aromatic N) is 1. The first kappa shape index (κ1) is 15.3. The summed E-state index contributed by atoms with van der Waals surface area (Å²) in [5.74, 6) is 1.07. The highest BCUT2D eigenvalue weighted by atomic mass is 79.9. The molecule has 5 nitrogen and oxygen atoms in total. The van der Waals surface area contributed by atoms with Gasteiger partial charge in [0.25, 0.3) is 5.91 Å². The molecule has 0 bridgehead atoms. The van der Waals surface area contributed by atoms with Crippen molar-refractivity contribution in [3.63, 3.8) is 0 Å². The van der Waals surface area contributed by atoms with Crippen LogP contribution in [0.5, 0.6) is 11.5 Å². The SMILES string of the molecule is COc1cccc(C(=O)Nc2cc(C)c(Br)cn2)c1OC. The molecule has 0 unspecified atom stereocenters. The van der Waals surface area contributed by atoms with Crippen molar-refractivity contribution >= 4 is 27.7 Å². The van der Waals surface area contributed by atoms with Crippen LogP contribution < -0.4 is 14.8 Å². The van der Waals surface area contributed by atoms with Crippen molar-refractivity contribution in [2.45, 2.75) is 6.92 Å². The number of methoxy groups -OCH3 is 2. The first-order valence-electron chi connectivity index (χ1n) is 6.21. The molecule has 0 aliphatic carbocycles. The normalized spacial score (nSPS) is 10.1. The Morgan fingerprint density at radius 1 is 1.29 bits per heavy atom. The lowest BCUT2D eigenvalue weighted by Gasteiger charge is -2.12. The number of rotatable bonds is 4. The fourth-order valence-electron chi connectivity index (χ4n) is 1.86. The van der Waals surface area contributed by atoms with Crippen molar-refractivity contribution in [2.75, 3.05) is 19.5 Å². The molecule has 1 N–H and O–H groups in total. The van der Waals surface area contributed by atoms with Crippen LogP contribution in [0.15, 0.2) is 34.9 Å². The number of anilines is 1. The van der Waals surface area contributed by atoms with E-state index < -0.39 is 0 Å². The van der Waals surface area contributed by atoms with E-state index in [4.69, 9.17) is 9.47 Å². The maximum Gasteiger partial charge on any atom is 0.260 e. The number of hydrogen-bond acceptors (Lipinski definition) is 4. The summed E-state index contributed by atoms with van der Waals surface area (Å²) in [6.45, 7) is 1.92. The second-order valence-corrected chi connectivity index (χ2v) is 5.17. The molecular weight excluding hydrogens is 336 g/mol. The lowest BCUT2D eigenvalue weighted by molar-refractivity contribution is 0.102. The summed E-state index contributed by atoms with van der Waals surface area (Å²) < 4.78 is 11.3. The predicted octanol–water partition coefficient (Wildman–Crippen LogP) is 3.42. The Bertz CT molecular complexity index is 674. The third-order valence-electron chi connectivity index (χ3n) is 2.94. The van der Waals surface area contributed by atoms with Crippen LogP contribution in [0.3, 0.4) is 0 Å². The highest BCUT2D eigenvalue weighted by Crippen LogP contribution is 2.31. The fraction of sp³-hybridized carbons (Fsp3) is 0.200. The second-order valence-electron chi connectivity index (χ2n) is 4.31. The zero-order valence-corrected chi connectivity index (χ0v) is 13.5. The van der Waals surface area contributed by atoms with Gasteiger partial charge in [-0.15, -0.1) is 0 Å². The lowest BCUT2D eigenvalue weighted by atomic mass is 10.1. The number of para-hydroxylation sites is 1. The van der Waals surface area contributed by atoms with Crippen LogP contribution in [0.2, 0.25) is 0 Å². The zero-order valence-electron chi connectivity index (χ0n) is 11.9. The maximum atomic E-state index is 12.4. The van der Waals surface area contributed by atoms with E-state index in [2.05, 4.69) is 26.2 Å². The Hall–Kier alpha value is -2.08. The molecule has 110 valence electrons. The third-order valence-corrected chi connectivity index (χ3v) is 3.77. The average Bonchev–Trinajstić information content (AvgIpc) is 2.49. The molecule has 0 aliphatic rings. The Kier molecular flexibility index (Phi) is 4.80. The molecule has 0 radical (unpaired) electrons. The highest BCUT2D eigenvalue weighted by molar-refractivity contribution is 9.10. The van der Waals surface area contributed by atoms with Crippen molar-refractivity contribution in [3.05, 3.63) is 46.1 Å². The number of carbonyl (C=O) groups is 1. The fourth-order valence-corrected chi connectivity index (χ4v) is 2.07. The largest absolute Gasteiger partial charge is 0.493 e. The van der Waals surface area contributed by atoms with Gasteiger partial charge in [0, 0.05) is 10.7 Å². The quantitative estimate of drug-likeness (QED) is 0.917. The van der Waals surface area contributed by atoms with Gasteiger partial charge in [-0.2, -0.15) is 0 Å². The van der Waals surface area contributed by atoms with Crippen LogP contribution in [-0.4, -0.2) is 25.1 Å². The van der Waals surface area contributed by atoms with Crippen LogP contribution >= 0.6 is 15.9 Å². The van der Waals surface area contributed by atoms with Gasteiger partial charge in [0.15, 0.2) is 11.5 Å². The van der Waals surface area contributed by atoms with Gasteiger partial charge in [-0.3, -0.25) is 4.79 Å². The number of benzene rings is 1. The topological polar surface area (TPSA) is 60.5 Å². The van der Waals surface area contributed by atoms with Crippen LogP contribution in [0.4, 0.5) is 5.82 Å². The van der Waals surface area contributed by atoms with E-state index in [0.717, 1.165) is 10.0 Å². The molecule has 1 aromatic carbocycles. The highest BCUT2D eigenvalue weighted by Gasteiger charge is 2.16. The lowest BCUT2D eigenvalue weighted by Crippen LogP contribution is -2.14. The predicted molar refractivity (Wildman–Crippen MR) is 84.2 cm³/mol. The molecule has 21 heavy (non-hydrogen) atoms. The molecule has 2 aromatic rings. The van der Waals surface area contributed by atoms with E-state index in [-0.39, 0.29) is 5.91 Å². The van der Waals surface area contributed by atoms with Gasteiger partial charge in [-0.05, 0) is 46.6 Å². The summed E-state index contributed by atoms with van der Waals surface area (Å²) in [4.78, 5) is 16.5. The summed E-state index contributed by atoms with van der Waals surface area (Å²) in [6.07, 6.45) is 1.65. The summed E-state index contributed by atoms with van der Waals surface area (Å²) in [5, 5.41) is 2.75. The molecule has 2 rings (SSSR count). The van der Waals surface area contributed by atoms with Crippen LogP contribution in [0.1, 0.15) is 15.9 Å². The van der Waals surface area contributed by atoms with E-state index in [0.29, 0.717) is 22.9 Å². The molecule has 0 atom stereocenters. The average molecular weight is 351 g/mol.